The van der Waals surface area contributed by atoms with Gasteiger partial charge in [-0.2, -0.15) is 13.2 Å². The van der Waals surface area contributed by atoms with Gasteiger partial charge in [0.15, 0.2) is 0 Å². The van der Waals surface area contributed by atoms with E-state index < -0.39 is 18.8 Å². The molecule has 7 heteroatoms. The molecule has 1 aromatic rings. The molecular formula is C11H12BrF3N2O. The van der Waals surface area contributed by atoms with E-state index in [1.54, 1.807) is 18.2 Å². The molecule has 0 aliphatic heterocycles. The first-order valence-electron chi connectivity index (χ1n) is 5.08. The molecule has 1 N–H and O–H groups in total. The van der Waals surface area contributed by atoms with Crippen LogP contribution in [0.25, 0.3) is 0 Å². The van der Waals surface area contributed by atoms with Gasteiger partial charge in [0.05, 0.1) is 0 Å². The number of hydrogen-bond donors (Lipinski definition) is 1. The zero-order valence-electron chi connectivity index (χ0n) is 9.59. The van der Waals surface area contributed by atoms with E-state index >= 15 is 0 Å². The molecule has 0 atom stereocenters. The highest BCUT2D eigenvalue weighted by Crippen LogP contribution is 2.14. The molecule has 0 saturated heterocycles. The summed E-state index contributed by atoms with van der Waals surface area (Å²) in [7, 11) is 1.44. The van der Waals surface area contributed by atoms with Crippen LogP contribution in [0.4, 0.5) is 18.0 Å². The number of halogens is 4. The number of alkyl halides is 3. The quantitative estimate of drug-likeness (QED) is 0.910. The molecule has 100 valence electrons. The molecule has 18 heavy (non-hydrogen) atoms. The molecule has 0 radical (unpaired) electrons. The molecule has 0 aromatic heterocycles. The van der Waals surface area contributed by atoms with Gasteiger partial charge in [-0.15, -0.1) is 0 Å². The van der Waals surface area contributed by atoms with Crippen LogP contribution in [-0.2, 0) is 6.54 Å². The summed E-state index contributed by atoms with van der Waals surface area (Å²) in [5.41, 5.74) is 0.828. The van der Waals surface area contributed by atoms with Crippen LogP contribution in [0.1, 0.15) is 5.56 Å². The summed E-state index contributed by atoms with van der Waals surface area (Å²) < 4.78 is 36.6. The molecule has 3 nitrogen and oxygen atoms in total. The number of carbonyl (C=O) groups excluding carboxylic acids is 1. The van der Waals surface area contributed by atoms with Crippen LogP contribution in [0, 0.1) is 0 Å². The predicted octanol–water partition coefficient (Wildman–Crippen LogP) is 3.15. The van der Waals surface area contributed by atoms with Gasteiger partial charge in [0.2, 0.25) is 0 Å². The van der Waals surface area contributed by atoms with Crippen LogP contribution < -0.4 is 5.32 Å². The SMILES string of the molecule is CN(Cc1cccc(Br)c1)C(=O)NCC(F)(F)F. The van der Waals surface area contributed by atoms with E-state index in [-0.39, 0.29) is 6.54 Å². The lowest BCUT2D eigenvalue weighted by Gasteiger charge is -2.18. The lowest BCUT2D eigenvalue weighted by atomic mass is 10.2. The Morgan fingerprint density at radius 3 is 2.67 bits per heavy atom. The van der Waals surface area contributed by atoms with Crippen molar-refractivity contribution in [2.45, 2.75) is 12.7 Å². The minimum absolute atomic E-state index is 0.239. The summed E-state index contributed by atoms with van der Waals surface area (Å²) in [6, 6.07) is 6.45. The second kappa shape index (κ2) is 6.08. The highest BCUT2D eigenvalue weighted by Gasteiger charge is 2.28. The normalized spacial score (nSPS) is 11.2. The summed E-state index contributed by atoms with van der Waals surface area (Å²) in [6.45, 7) is -1.09. The third-order valence-corrected chi connectivity index (χ3v) is 2.59. The number of carbonyl (C=O) groups is 1. The molecule has 2 amide bonds. The summed E-state index contributed by atoms with van der Waals surface area (Å²) in [6.07, 6.45) is -4.40. The van der Waals surface area contributed by atoms with Crippen LogP contribution in [0.2, 0.25) is 0 Å². The average Bonchev–Trinajstić information content (AvgIpc) is 2.24. The molecule has 0 fully saturated rings. The highest BCUT2D eigenvalue weighted by atomic mass is 79.9. The fourth-order valence-electron chi connectivity index (χ4n) is 1.29. The molecule has 1 rings (SSSR count). The van der Waals surface area contributed by atoms with Gasteiger partial charge >= 0.3 is 12.2 Å². The van der Waals surface area contributed by atoms with Crippen molar-refractivity contribution >= 4 is 22.0 Å². The Hall–Kier alpha value is -1.24. The largest absolute Gasteiger partial charge is 0.405 e. The number of urea groups is 1. The summed E-state index contributed by atoms with van der Waals surface area (Å²) >= 11 is 3.28. The predicted molar refractivity (Wildman–Crippen MR) is 65.1 cm³/mol. The average molecular weight is 325 g/mol. The number of rotatable bonds is 3. The van der Waals surface area contributed by atoms with Crippen LogP contribution in [0.3, 0.4) is 0 Å². The van der Waals surface area contributed by atoms with Crippen molar-refractivity contribution in [3.63, 3.8) is 0 Å². The maximum atomic E-state index is 11.9. The van der Waals surface area contributed by atoms with E-state index in [2.05, 4.69) is 15.9 Å². The summed E-state index contributed by atoms with van der Waals surface area (Å²) in [5, 5.41) is 1.81. The van der Waals surface area contributed by atoms with Crippen molar-refractivity contribution in [2.75, 3.05) is 13.6 Å². The molecule has 0 aliphatic carbocycles. The van der Waals surface area contributed by atoms with Crippen molar-refractivity contribution in [3.05, 3.63) is 34.3 Å². The molecule has 0 saturated carbocycles. The van der Waals surface area contributed by atoms with Gasteiger partial charge in [0.1, 0.15) is 6.54 Å². The van der Waals surface area contributed by atoms with Gasteiger partial charge < -0.3 is 10.2 Å². The lowest BCUT2D eigenvalue weighted by molar-refractivity contribution is -0.123. The third kappa shape index (κ3) is 5.39. The van der Waals surface area contributed by atoms with Crippen molar-refractivity contribution in [2.24, 2.45) is 0 Å². The second-order valence-electron chi connectivity index (χ2n) is 3.76. The van der Waals surface area contributed by atoms with Gasteiger partial charge in [-0.25, -0.2) is 4.79 Å². The van der Waals surface area contributed by atoms with Crippen LogP contribution in [0.15, 0.2) is 28.7 Å². The third-order valence-electron chi connectivity index (χ3n) is 2.10. The van der Waals surface area contributed by atoms with E-state index in [4.69, 9.17) is 0 Å². The topological polar surface area (TPSA) is 32.3 Å². The zero-order chi connectivity index (χ0) is 13.8. The number of amides is 2. The van der Waals surface area contributed by atoms with Crippen molar-refractivity contribution in [1.82, 2.24) is 10.2 Å². The van der Waals surface area contributed by atoms with Crippen LogP contribution >= 0.6 is 15.9 Å². The van der Waals surface area contributed by atoms with Crippen LogP contribution in [-0.4, -0.2) is 30.7 Å². The maximum absolute atomic E-state index is 11.9. The number of nitrogens with zero attached hydrogens (tertiary/aromatic N) is 1. The molecule has 0 unspecified atom stereocenters. The first-order valence-corrected chi connectivity index (χ1v) is 5.87. The molecule has 0 heterocycles. The zero-order valence-corrected chi connectivity index (χ0v) is 11.2. The van der Waals surface area contributed by atoms with Gasteiger partial charge in [0.25, 0.3) is 0 Å². The number of benzene rings is 1. The van der Waals surface area contributed by atoms with Gasteiger partial charge in [0, 0.05) is 18.1 Å². The van der Waals surface area contributed by atoms with Crippen LogP contribution in [0.5, 0.6) is 0 Å². The van der Waals surface area contributed by atoms with Gasteiger partial charge in [-0.3, -0.25) is 0 Å². The lowest BCUT2D eigenvalue weighted by Crippen LogP contribution is -2.41. The Morgan fingerprint density at radius 1 is 1.44 bits per heavy atom. The second-order valence-corrected chi connectivity index (χ2v) is 4.68. The highest BCUT2D eigenvalue weighted by molar-refractivity contribution is 9.10. The summed E-state index contributed by atoms with van der Waals surface area (Å²) in [5.74, 6) is 0. The minimum atomic E-state index is -4.40. The maximum Gasteiger partial charge on any atom is 0.405 e. The number of nitrogens with one attached hydrogen (secondary N) is 1. The Kier molecular flexibility index (Phi) is 5.01. The minimum Gasteiger partial charge on any atom is -0.329 e. The van der Waals surface area contributed by atoms with Crippen molar-refractivity contribution < 1.29 is 18.0 Å². The molecule has 1 aromatic carbocycles. The van der Waals surface area contributed by atoms with E-state index in [0.717, 1.165) is 10.0 Å². The number of hydrogen-bond acceptors (Lipinski definition) is 1. The Morgan fingerprint density at radius 2 is 2.11 bits per heavy atom. The smallest absolute Gasteiger partial charge is 0.329 e. The van der Waals surface area contributed by atoms with Crippen molar-refractivity contribution in [3.8, 4) is 0 Å². The Balaban J connectivity index is 2.50. The molecule has 0 bridgehead atoms. The molecule has 0 spiro atoms. The monoisotopic (exact) mass is 324 g/mol. The van der Waals surface area contributed by atoms with E-state index in [9.17, 15) is 18.0 Å². The van der Waals surface area contributed by atoms with Crippen molar-refractivity contribution in [1.29, 1.82) is 0 Å². The Labute approximate surface area is 111 Å². The standard InChI is InChI=1S/C11H12BrF3N2O/c1-17(10(18)16-7-11(13,14)15)6-8-3-2-4-9(12)5-8/h2-5H,6-7H2,1H3,(H,16,18). The van der Waals surface area contributed by atoms with Gasteiger partial charge in [-0.1, -0.05) is 28.1 Å². The first kappa shape index (κ1) is 14.8. The first-order chi connectivity index (χ1) is 8.28. The summed E-state index contributed by atoms with van der Waals surface area (Å²) in [4.78, 5) is 12.6. The Bertz CT molecular complexity index is 423. The van der Waals surface area contributed by atoms with E-state index in [0.29, 0.717) is 0 Å². The fourth-order valence-corrected chi connectivity index (χ4v) is 1.74. The van der Waals surface area contributed by atoms with Gasteiger partial charge in [-0.05, 0) is 17.7 Å². The molecular weight excluding hydrogens is 313 g/mol. The van der Waals surface area contributed by atoms with E-state index in [1.165, 1.54) is 11.9 Å². The molecule has 0 aliphatic rings. The van der Waals surface area contributed by atoms with E-state index in [1.807, 2.05) is 11.4 Å². The fraction of sp³-hybridized carbons (Fsp3) is 0.364.